The minimum absolute atomic E-state index is 0.630. The third-order valence-corrected chi connectivity index (χ3v) is 9.51. The van der Waals surface area contributed by atoms with Crippen molar-refractivity contribution in [3.63, 3.8) is 0 Å². The fourth-order valence-electron chi connectivity index (χ4n) is 6.14. The molecule has 5 nitrogen and oxygen atoms in total. The molecule has 0 aliphatic carbocycles. The lowest BCUT2D eigenvalue weighted by molar-refractivity contribution is 1.07. The van der Waals surface area contributed by atoms with Gasteiger partial charge in [-0.2, -0.15) is 0 Å². The van der Waals surface area contributed by atoms with E-state index in [1.807, 2.05) is 66.9 Å². The Morgan fingerprint density at radius 1 is 0.426 bits per heavy atom. The number of aromatic nitrogens is 5. The lowest BCUT2D eigenvalue weighted by atomic mass is 9.95. The highest BCUT2D eigenvalue weighted by Crippen LogP contribution is 2.38. The van der Waals surface area contributed by atoms with Gasteiger partial charge in [0.25, 0.3) is 0 Å². The summed E-state index contributed by atoms with van der Waals surface area (Å²) in [6.45, 7) is 0. The molecule has 0 fully saturated rings. The number of nitrogens with zero attached hydrogens (tertiary/aromatic N) is 5. The summed E-state index contributed by atoms with van der Waals surface area (Å²) < 4.78 is 1.24. The number of hydrogen-bond donors (Lipinski definition) is 0. The molecule has 0 atom stereocenters. The van der Waals surface area contributed by atoms with E-state index in [0.717, 1.165) is 54.8 Å². The fourth-order valence-corrected chi connectivity index (χ4v) is 7.21. The second-order valence-electron chi connectivity index (χ2n) is 11.3. The van der Waals surface area contributed by atoms with Crippen LogP contribution in [0.5, 0.6) is 0 Å². The van der Waals surface area contributed by atoms with Crippen LogP contribution in [0.1, 0.15) is 0 Å². The zero-order valence-corrected chi connectivity index (χ0v) is 25.9. The highest BCUT2D eigenvalue weighted by molar-refractivity contribution is 7.25. The highest BCUT2D eigenvalue weighted by Gasteiger charge is 2.16. The molecule has 5 aromatic carbocycles. The minimum atomic E-state index is 0.630. The number of thiophene rings is 1. The number of hydrogen-bond acceptors (Lipinski definition) is 6. The molecule has 4 aromatic heterocycles. The minimum Gasteiger partial charge on any atom is -0.254 e. The Hall–Kier alpha value is -6.11. The monoisotopic (exact) mass is 619 g/mol. The van der Waals surface area contributed by atoms with Gasteiger partial charge in [0.15, 0.2) is 17.5 Å². The first kappa shape index (κ1) is 27.2. The van der Waals surface area contributed by atoms with Gasteiger partial charge in [-0.25, -0.2) is 19.9 Å². The molecular weight excluding hydrogens is 595 g/mol. The van der Waals surface area contributed by atoms with Gasteiger partial charge < -0.3 is 0 Å². The van der Waals surface area contributed by atoms with Crippen molar-refractivity contribution in [1.29, 1.82) is 0 Å². The summed E-state index contributed by atoms with van der Waals surface area (Å²) in [7, 11) is 0. The molecule has 9 rings (SSSR count). The molecule has 0 radical (unpaired) electrons. The van der Waals surface area contributed by atoms with Crippen molar-refractivity contribution >= 4 is 42.4 Å². The molecular formula is C41H25N5S. The van der Waals surface area contributed by atoms with Gasteiger partial charge in [-0.3, -0.25) is 4.98 Å². The normalized spacial score (nSPS) is 11.4. The molecule has 0 saturated heterocycles. The number of benzene rings is 5. The van der Waals surface area contributed by atoms with E-state index in [1.54, 1.807) is 11.3 Å². The van der Waals surface area contributed by atoms with E-state index < -0.39 is 0 Å². The largest absolute Gasteiger partial charge is 0.254 e. The molecule has 0 bridgehead atoms. The molecule has 47 heavy (non-hydrogen) atoms. The van der Waals surface area contributed by atoms with Crippen LogP contribution in [0.2, 0.25) is 0 Å². The van der Waals surface area contributed by atoms with Gasteiger partial charge in [0.2, 0.25) is 0 Å². The average Bonchev–Trinajstić information content (AvgIpc) is 3.53. The molecule has 0 unspecified atom stereocenters. The zero-order valence-electron chi connectivity index (χ0n) is 25.1. The molecule has 0 saturated carbocycles. The van der Waals surface area contributed by atoms with E-state index in [2.05, 4.69) is 84.9 Å². The Balaban J connectivity index is 1.15. The smallest absolute Gasteiger partial charge is 0.164 e. The molecule has 220 valence electrons. The van der Waals surface area contributed by atoms with Crippen LogP contribution < -0.4 is 0 Å². The summed E-state index contributed by atoms with van der Waals surface area (Å²) in [6.07, 6.45) is 1.87. The first-order chi connectivity index (χ1) is 23.3. The third-order valence-electron chi connectivity index (χ3n) is 8.43. The standard InChI is InChI=1S/C41H25N5S/c1-3-10-28(11-4-1)38-44-39(29-12-5-2-6-13-29)46-40(45-38)30-20-18-26(19-21-30)31-16-9-14-27-24-25-42-37(36(27)31)34-23-22-33-32-15-7-8-17-35(32)47-41(33)43-34/h1-25H. The molecule has 0 N–H and O–H groups in total. The predicted molar refractivity (Wildman–Crippen MR) is 193 cm³/mol. The molecule has 0 amide bonds. The maximum Gasteiger partial charge on any atom is 0.164 e. The molecule has 9 aromatic rings. The fraction of sp³-hybridized carbons (Fsp3) is 0. The van der Waals surface area contributed by atoms with Crippen molar-refractivity contribution in [1.82, 2.24) is 24.9 Å². The summed E-state index contributed by atoms with van der Waals surface area (Å²) in [5.74, 6) is 1.92. The number of rotatable bonds is 5. The van der Waals surface area contributed by atoms with Crippen molar-refractivity contribution in [3.05, 3.63) is 152 Å². The molecule has 0 aliphatic heterocycles. The van der Waals surface area contributed by atoms with Crippen LogP contribution in [-0.4, -0.2) is 24.9 Å². The van der Waals surface area contributed by atoms with Gasteiger partial charge >= 0.3 is 0 Å². The molecule has 6 heteroatoms. The Morgan fingerprint density at radius 2 is 1.04 bits per heavy atom. The second-order valence-corrected chi connectivity index (χ2v) is 12.4. The number of fused-ring (bicyclic) bond motifs is 4. The maximum atomic E-state index is 5.12. The predicted octanol–water partition coefficient (Wildman–Crippen LogP) is 10.5. The first-order valence-corrected chi connectivity index (χ1v) is 16.2. The van der Waals surface area contributed by atoms with Gasteiger partial charge in [0, 0.05) is 43.7 Å². The van der Waals surface area contributed by atoms with Crippen molar-refractivity contribution in [2.24, 2.45) is 0 Å². The van der Waals surface area contributed by atoms with E-state index in [4.69, 9.17) is 24.9 Å². The Morgan fingerprint density at radius 3 is 1.74 bits per heavy atom. The highest BCUT2D eigenvalue weighted by atomic mass is 32.1. The molecule has 4 heterocycles. The Bertz CT molecular complexity index is 2500. The Kier molecular flexibility index (Phi) is 6.58. The van der Waals surface area contributed by atoms with E-state index in [9.17, 15) is 0 Å². The Labute approximate surface area is 275 Å². The summed E-state index contributed by atoms with van der Waals surface area (Å²) in [4.78, 5) is 25.7. The summed E-state index contributed by atoms with van der Waals surface area (Å²) in [5.41, 5.74) is 6.73. The summed E-state index contributed by atoms with van der Waals surface area (Å²) >= 11 is 1.72. The van der Waals surface area contributed by atoms with Crippen molar-refractivity contribution < 1.29 is 0 Å². The van der Waals surface area contributed by atoms with Crippen LogP contribution in [0.25, 0.3) is 87.8 Å². The molecule has 0 aliphatic rings. The number of pyridine rings is 2. The van der Waals surface area contributed by atoms with Crippen LogP contribution in [0.4, 0.5) is 0 Å². The quantitative estimate of drug-likeness (QED) is 0.192. The average molecular weight is 620 g/mol. The van der Waals surface area contributed by atoms with Crippen LogP contribution in [0, 0.1) is 0 Å². The van der Waals surface area contributed by atoms with Crippen LogP contribution in [0.15, 0.2) is 152 Å². The van der Waals surface area contributed by atoms with Crippen molar-refractivity contribution in [3.8, 4) is 56.7 Å². The maximum absolute atomic E-state index is 5.12. The van der Waals surface area contributed by atoms with Crippen molar-refractivity contribution in [2.45, 2.75) is 0 Å². The second kappa shape index (κ2) is 11.4. The van der Waals surface area contributed by atoms with Gasteiger partial charge in [0.1, 0.15) is 4.83 Å². The van der Waals surface area contributed by atoms with Gasteiger partial charge in [-0.15, -0.1) is 11.3 Å². The zero-order chi connectivity index (χ0) is 31.2. The van der Waals surface area contributed by atoms with Gasteiger partial charge in [0.05, 0.1) is 11.4 Å². The topological polar surface area (TPSA) is 64.5 Å². The van der Waals surface area contributed by atoms with E-state index in [-0.39, 0.29) is 0 Å². The lowest BCUT2D eigenvalue weighted by Crippen LogP contribution is -2.00. The summed E-state index contributed by atoms with van der Waals surface area (Å²) in [6, 6.07) is 49.7. The summed E-state index contributed by atoms with van der Waals surface area (Å²) in [5, 5.41) is 4.61. The van der Waals surface area contributed by atoms with Crippen LogP contribution in [0.3, 0.4) is 0 Å². The van der Waals surface area contributed by atoms with Crippen LogP contribution in [-0.2, 0) is 0 Å². The van der Waals surface area contributed by atoms with E-state index in [0.29, 0.717) is 17.5 Å². The van der Waals surface area contributed by atoms with Crippen molar-refractivity contribution in [2.75, 3.05) is 0 Å². The van der Waals surface area contributed by atoms with Gasteiger partial charge in [-0.05, 0) is 40.8 Å². The first-order valence-electron chi connectivity index (χ1n) is 15.4. The van der Waals surface area contributed by atoms with Gasteiger partial charge in [-0.1, -0.05) is 121 Å². The third kappa shape index (κ3) is 4.92. The van der Waals surface area contributed by atoms with Crippen LogP contribution >= 0.6 is 11.3 Å². The lowest BCUT2D eigenvalue weighted by Gasteiger charge is -2.12. The van der Waals surface area contributed by atoms with E-state index >= 15 is 0 Å². The molecule has 0 spiro atoms. The SMILES string of the molecule is c1ccc(-c2nc(-c3ccccc3)nc(-c3ccc(-c4cccc5ccnc(-c6ccc7c(n6)sc6ccccc67)c45)cc3)n2)cc1. The van der Waals surface area contributed by atoms with E-state index in [1.165, 1.54) is 15.5 Å².